The number of pyridine rings is 2. The molecule has 13 heteroatoms. The number of benzene rings is 1. The van der Waals surface area contributed by atoms with Crippen LogP contribution in [0.4, 0.5) is 32.0 Å². The quantitative estimate of drug-likeness (QED) is 0.437. The highest BCUT2D eigenvalue weighted by atomic mass is 19.4. The molecule has 0 aliphatic carbocycles. The predicted molar refractivity (Wildman–Crippen MR) is 104 cm³/mol. The number of nitrogens with one attached hydrogen (secondary N) is 2. The Kier molecular flexibility index (Phi) is 5.18. The van der Waals surface area contributed by atoms with Crippen LogP contribution in [0.5, 0.6) is 0 Å². The van der Waals surface area contributed by atoms with E-state index in [9.17, 15) is 35.9 Å². The number of rotatable bonds is 3. The summed E-state index contributed by atoms with van der Waals surface area (Å²) in [5.41, 5.74) is -4.29. The Bertz CT molecular complexity index is 1420. The summed E-state index contributed by atoms with van der Waals surface area (Å²) in [6, 6.07) is 7.47. The van der Waals surface area contributed by atoms with E-state index in [1.165, 1.54) is 30.5 Å². The molecular formula is C20H11F6N5O2. The van der Waals surface area contributed by atoms with E-state index in [4.69, 9.17) is 0 Å². The van der Waals surface area contributed by atoms with Crippen molar-refractivity contribution in [3.8, 4) is 5.69 Å². The van der Waals surface area contributed by atoms with Crippen LogP contribution in [-0.4, -0.2) is 25.7 Å². The summed E-state index contributed by atoms with van der Waals surface area (Å²) in [6.07, 6.45) is -7.67. The highest BCUT2D eigenvalue weighted by Crippen LogP contribution is 2.33. The minimum atomic E-state index is -4.94. The Hall–Kier alpha value is -4.16. The lowest BCUT2D eigenvalue weighted by molar-refractivity contribution is -0.143. The summed E-state index contributed by atoms with van der Waals surface area (Å²) in [4.78, 5) is 30.1. The van der Waals surface area contributed by atoms with Gasteiger partial charge in [-0.3, -0.25) is 14.6 Å². The maximum atomic E-state index is 13.7. The van der Waals surface area contributed by atoms with Gasteiger partial charge in [-0.1, -0.05) is 6.07 Å². The molecule has 0 atom stereocenters. The number of amides is 1. The van der Waals surface area contributed by atoms with Gasteiger partial charge >= 0.3 is 12.4 Å². The Morgan fingerprint density at radius 2 is 1.73 bits per heavy atom. The van der Waals surface area contributed by atoms with E-state index in [0.717, 1.165) is 12.3 Å². The lowest BCUT2D eigenvalue weighted by Gasteiger charge is -2.12. The Labute approximate surface area is 179 Å². The molecule has 0 fully saturated rings. The SMILES string of the molecule is O=C(Nc1ccnc(C(F)(F)F)c1)c1cc(C(F)(F)F)n(-c2cccc3c(=O)[nH]ccc23)n1. The van der Waals surface area contributed by atoms with Crippen molar-refractivity contribution in [2.24, 2.45) is 0 Å². The maximum absolute atomic E-state index is 13.7. The van der Waals surface area contributed by atoms with Gasteiger partial charge in [-0.25, -0.2) is 4.68 Å². The van der Waals surface area contributed by atoms with Crippen molar-refractivity contribution >= 4 is 22.4 Å². The van der Waals surface area contributed by atoms with Gasteiger partial charge in [0.15, 0.2) is 5.69 Å². The summed E-state index contributed by atoms with van der Waals surface area (Å²) < 4.78 is 80.0. The van der Waals surface area contributed by atoms with Gasteiger partial charge in [-0.05, 0) is 30.3 Å². The van der Waals surface area contributed by atoms with Crippen molar-refractivity contribution in [1.82, 2.24) is 19.7 Å². The van der Waals surface area contributed by atoms with Gasteiger partial charge in [0.2, 0.25) is 0 Å². The van der Waals surface area contributed by atoms with E-state index in [2.05, 4.69) is 20.4 Å². The van der Waals surface area contributed by atoms with Crippen LogP contribution >= 0.6 is 0 Å². The molecule has 0 radical (unpaired) electrons. The molecular weight excluding hydrogens is 456 g/mol. The fourth-order valence-corrected chi connectivity index (χ4v) is 3.13. The predicted octanol–water partition coefficient (Wildman–Crippen LogP) is 4.40. The second-order valence-electron chi connectivity index (χ2n) is 6.75. The maximum Gasteiger partial charge on any atom is 0.433 e. The van der Waals surface area contributed by atoms with Crippen LogP contribution in [0.25, 0.3) is 16.5 Å². The minimum Gasteiger partial charge on any atom is -0.329 e. The van der Waals surface area contributed by atoms with Crippen LogP contribution in [-0.2, 0) is 12.4 Å². The molecule has 1 amide bonds. The molecule has 4 rings (SSSR count). The normalized spacial score (nSPS) is 12.2. The topological polar surface area (TPSA) is 92.7 Å². The number of carbonyl (C=O) groups is 1. The lowest BCUT2D eigenvalue weighted by atomic mass is 10.1. The summed E-state index contributed by atoms with van der Waals surface area (Å²) in [7, 11) is 0. The molecule has 0 saturated carbocycles. The van der Waals surface area contributed by atoms with Crippen molar-refractivity contribution < 1.29 is 31.1 Å². The van der Waals surface area contributed by atoms with Gasteiger partial charge in [0.1, 0.15) is 11.4 Å². The van der Waals surface area contributed by atoms with Crippen LogP contribution < -0.4 is 10.9 Å². The van der Waals surface area contributed by atoms with Crippen LogP contribution in [0, 0.1) is 0 Å². The lowest BCUT2D eigenvalue weighted by Crippen LogP contribution is -2.15. The van der Waals surface area contributed by atoms with E-state index in [0.29, 0.717) is 16.8 Å². The van der Waals surface area contributed by atoms with Gasteiger partial charge in [0.25, 0.3) is 11.5 Å². The molecule has 0 aliphatic rings. The highest BCUT2D eigenvalue weighted by Gasteiger charge is 2.38. The van der Waals surface area contributed by atoms with Gasteiger partial charge in [0.05, 0.1) is 5.69 Å². The Morgan fingerprint density at radius 1 is 0.970 bits per heavy atom. The van der Waals surface area contributed by atoms with Crippen LogP contribution in [0.3, 0.4) is 0 Å². The zero-order valence-corrected chi connectivity index (χ0v) is 16.1. The summed E-state index contributed by atoms with van der Waals surface area (Å²) in [6.45, 7) is 0. The Balaban J connectivity index is 1.78. The number of carbonyl (C=O) groups excluding carboxylic acids is 1. The second kappa shape index (κ2) is 7.76. The van der Waals surface area contributed by atoms with Gasteiger partial charge in [0, 0.05) is 34.9 Å². The molecule has 2 N–H and O–H groups in total. The minimum absolute atomic E-state index is 0.0982. The molecule has 33 heavy (non-hydrogen) atoms. The molecule has 3 aromatic heterocycles. The molecule has 4 aromatic rings. The van der Waals surface area contributed by atoms with Crippen LogP contribution in [0.1, 0.15) is 21.9 Å². The number of hydrogen-bond donors (Lipinski definition) is 2. The third kappa shape index (κ3) is 4.29. The van der Waals surface area contributed by atoms with Crippen molar-refractivity contribution in [3.63, 3.8) is 0 Å². The molecule has 0 spiro atoms. The fraction of sp³-hybridized carbons (Fsp3) is 0.100. The summed E-state index contributed by atoms with van der Waals surface area (Å²) >= 11 is 0. The fourth-order valence-electron chi connectivity index (χ4n) is 3.13. The second-order valence-corrected chi connectivity index (χ2v) is 6.75. The molecule has 0 unspecified atom stereocenters. The summed E-state index contributed by atoms with van der Waals surface area (Å²) in [5.74, 6) is -1.17. The smallest absolute Gasteiger partial charge is 0.329 e. The molecule has 0 bridgehead atoms. The largest absolute Gasteiger partial charge is 0.433 e. The average molecular weight is 467 g/mol. The zero-order valence-electron chi connectivity index (χ0n) is 16.1. The highest BCUT2D eigenvalue weighted by molar-refractivity contribution is 6.03. The number of halogens is 6. The van der Waals surface area contributed by atoms with E-state index in [1.807, 2.05) is 0 Å². The molecule has 0 aliphatic heterocycles. The number of hydrogen-bond acceptors (Lipinski definition) is 4. The Morgan fingerprint density at radius 3 is 2.42 bits per heavy atom. The number of fused-ring (bicyclic) bond motifs is 1. The first-order valence-corrected chi connectivity index (χ1v) is 9.08. The first-order chi connectivity index (χ1) is 15.4. The molecule has 0 saturated heterocycles. The van der Waals surface area contributed by atoms with Crippen molar-refractivity contribution in [3.05, 3.63) is 82.3 Å². The average Bonchev–Trinajstić information content (AvgIpc) is 3.19. The van der Waals surface area contributed by atoms with Gasteiger partial charge in [-0.15, -0.1) is 0 Å². The standard InChI is InChI=1S/C20H11F6N5O2/c21-19(22,23)15-8-10(4-6-27-15)29-18(33)13-9-16(20(24,25)26)31(30-13)14-3-1-2-12-11(14)5-7-28-17(12)32/h1-9H,(H,28,32)(H,27,29,33). The summed E-state index contributed by atoms with van der Waals surface area (Å²) in [5, 5.41) is 6.05. The van der Waals surface area contributed by atoms with Crippen molar-refractivity contribution in [2.45, 2.75) is 12.4 Å². The first-order valence-electron chi connectivity index (χ1n) is 9.08. The third-order valence-electron chi connectivity index (χ3n) is 4.56. The van der Waals surface area contributed by atoms with Crippen molar-refractivity contribution in [1.29, 1.82) is 0 Å². The first kappa shape index (κ1) is 22.0. The van der Waals surface area contributed by atoms with Crippen LogP contribution in [0.2, 0.25) is 0 Å². The number of anilines is 1. The van der Waals surface area contributed by atoms with Crippen molar-refractivity contribution in [2.75, 3.05) is 5.32 Å². The number of aromatic nitrogens is 4. The molecule has 7 nitrogen and oxygen atoms in total. The zero-order chi connectivity index (χ0) is 24.0. The van der Waals surface area contributed by atoms with Gasteiger partial charge in [-0.2, -0.15) is 31.4 Å². The van der Waals surface area contributed by atoms with E-state index in [1.54, 1.807) is 0 Å². The molecule has 1 aromatic carbocycles. The third-order valence-corrected chi connectivity index (χ3v) is 4.56. The molecule has 3 heterocycles. The van der Waals surface area contributed by atoms with Gasteiger partial charge < -0.3 is 10.3 Å². The number of H-pyrrole nitrogens is 1. The monoisotopic (exact) mass is 467 g/mol. The van der Waals surface area contributed by atoms with E-state index in [-0.39, 0.29) is 22.1 Å². The number of aromatic amines is 1. The van der Waals surface area contributed by atoms with E-state index >= 15 is 0 Å². The number of nitrogens with zero attached hydrogens (tertiary/aromatic N) is 3. The van der Waals surface area contributed by atoms with E-state index < -0.39 is 40.9 Å². The molecule has 170 valence electrons. The number of alkyl halides is 6. The van der Waals surface area contributed by atoms with Crippen LogP contribution in [0.15, 0.2) is 59.7 Å².